The maximum Gasteiger partial charge on any atom is 0.338 e. The van der Waals surface area contributed by atoms with E-state index in [1.54, 1.807) is 20.8 Å². The van der Waals surface area contributed by atoms with Gasteiger partial charge in [-0.3, -0.25) is 0 Å². The standard InChI is InChI=1S/C16H22F3NO3S/c1-15(2,3)24(23)20-16(4,10-7-5-6-8-11(10)17)13(19)9-12(18)14(21)22/h5-8,12-13,20H,9H2,1-4H3,(H,21,22)/t12?,13-,16+,24+/m0/s1. The van der Waals surface area contributed by atoms with Crippen LogP contribution < -0.4 is 4.72 Å². The number of carbonyl (C=O) groups is 1. The lowest BCUT2D eigenvalue weighted by Crippen LogP contribution is -2.55. The highest BCUT2D eigenvalue weighted by Gasteiger charge is 2.46. The van der Waals surface area contributed by atoms with Crippen LogP contribution in [0, 0.1) is 5.82 Å². The van der Waals surface area contributed by atoms with Crippen LogP contribution >= 0.6 is 0 Å². The molecular weight excluding hydrogens is 343 g/mol. The summed E-state index contributed by atoms with van der Waals surface area (Å²) in [7, 11) is 0. The van der Waals surface area contributed by atoms with Gasteiger partial charge in [0.15, 0.2) is 6.17 Å². The number of nitrogens with one attached hydrogen (secondary N) is 1. The van der Waals surface area contributed by atoms with Crippen molar-refractivity contribution in [2.75, 3.05) is 0 Å². The van der Waals surface area contributed by atoms with Gasteiger partial charge in [0.1, 0.15) is 22.3 Å². The van der Waals surface area contributed by atoms with Crippen LogP contribution in [0.25, 0.3) is 0 Å². The van der Waals surface area contributed by atoms with Crippen molar-refractivity contribution in [3.05, 3.63) is 35.6 Å². The van der Waals surface area contributed by atoms with E-state index < -0.39 is 52.2 Å². The number of benzene rings is 1. The Bertz CT molecular complexity index is 582. The molecular formula is C16H22F3NO3S. The van der Waals surface area contributed by atoms with E-state index in [-0.39, 0.29) is 5.56 Å². The van der Waals surface area contributed by atoms with Crippen molar-refractivity contribution in [2.45, 2.75) is 56.7 Å². The average molecular weight is 365 g/mol. The fourth-order valence-electron chi connectivity index (χ4n) is 2.03. The smallest absolute Gasteiger partial charge is 0.338 e. The van der Waals surface area contributed by atoms with Crippen molar-refractivity contribution in [1.82, 2.24) is 4.72 Å². The average Bonchev–Trinajstić information content (AvgIpc) is 2.46. The largest absolute Gasteiger partial charge is 0.598 e. The zero-order valence-electron chi connectivity index (χ0n) is 14.0. The summed E-state index contributed by atoms with van der Waals surface area (Å²) in [5.74, 6) is -2.56. The van der Waals surface area contributed by atoms with Crippen LogP contribution in [0.4, 0.5) is 13.2 Å². The van der Waals surface area contributed by atoms with Gasteiger partial charge in [-0.15, -0.1) is 4.72 Å². The Morgan fingerprint density at radius 1 is 1.29 bits per heavy atom. The van der Waals surface area contributed by atoms with Gasteiger partial charge in [-0.1, -0.05) is 18.2 Å². The molecule has 2 N–H and O–H groups in total. The minimum atomic E-state index is -2.45. The molecule has 1 unspecified atom stereocenters. The van der Waals surface area contributed by atoms with Crippen LogP contribution in [0.1, 0.15) is 39.7 Å². The molecule has 0 spiro atoms. The Balaban J connectivity index is 3.25. The number of hydrogen-bond acceptors (Lipinski definition) is 3. The van der Waals surface area contributed by atoms with Crippen LogP contribution in [-0.4, -0.2) is 32.7 Å². The summed E-state index contributed by atoms with van der Waals surface area (Å²) in [6.07, 6.45) is -5.56. The minimum Gasteiger partial charge on any atom is -0.598 e. The summed E-state index contributed by atoms with van der Waals surface area (Å²) >= 11 is -1.79. The number of carboxylic acid groups (broad SMARTS) is 1. The van der Waals surface area contributed by atoms with E-state index in [9.17, 15) is 22.5 Å². The van der Waals surface area contributed by atoms with E-state index >= 15 is 0 Å². The van der Waals surface area contributed by atoms with Gasteiger partial charge in [0, 0.05) is 23.3 Å². The normalized spacial score (nSPS) is 18.5. The van der Waals surface area contributed by atoms with Gasteiger partial charge in [0.25, 0.3) is 0 Å². The number of hydrogen-bond donors (Lipinski definition) is 2. The molecule has 1 aromatic rings. The summed E-state index contributed by atoms with van der Waals surface area (Å²) < 4.78 is 56.6. The van der Waals surface area contributed by atoms with Crippen molar-refractivity contribution in [3.63, 3.8) is 0 Å². The Morgan fingerprint density at radius 2 is 1.83 bits per heavy atom. The predicted molar refractivity (Wildman–Crippen MR) is 86.8 cm³/mol. The van der Waals surface area contributed by atoms with E-state index in [0.29, 0.717) is 0 Å². The van der Waals surface area contributed by atoms with Gasteiger partial charge in [0.05, 0.1) is 0 Å². The molecule has 1 aromatic carbocycles. The van der Waals surface area contributed by atoms with E-state index in [4.69, 9.17) is 5.11 Å². The monoisotopic (exact) mass is 365 g/mol. The summed E-state index contributed by atoms with van der Waals surface area (Å²) in [4.78, 5) is 10.7. The molecule has 0 fully saturated rings. The molecule has 8 heteroatoms. The maximum absolute atomic E-state index is 14.8. The van der Waals surface area contributed by atoms with Crippen molar-refractivity contribution < 1.29 is 27.6 Å². The van der Waals surface area contributed by atoms with Crippen LogP contribution in [0.15, 0.2) is 24.3 Å². The molecule has 4 atom stereocenters. The molecule has 0 aliphatic carbocycles. The zero-order chi connectivity index (χ0) is 18.7. The number of alkyl halides is 2. The third kappa shape index (κ3) is 4.87. The van der Waals surface area contributed by atoms with Gasteiger partial charge < -0.3 is 9.66 Å². The third-order valence-electron chi connectivity index (χ3n) is 3.60. The minimum absolute atomic E-state index is 0.146. The highest BCUT2D eigenvalue weighted by Crippen LogP contribution is 2.34. The molecule has 0 aliphatic heterocycles. The molecule has 0 aliphatic rings. The van der Waals surface area contributed by atoms with Gasteiger partial charge >= 0.3 is 5.97 Å². The molecule has 0 amide bonds. The quantitative estimate of drug-likeness (QED) is 0.728. The van der Waals surface area contributed by atoms with Crippen molar-refractivity contribution in [1.29, 1.82) is 0 Å². The topological polar surface area (TPSA) is 72.4 Å². The number of halogens is 3. The second kappa shape index (κ2) is 7.76. The highest BCUT2D eigenvalue weighted by atomic mass is 32.2. The first-order valence-electron chi connectivity index (χ1n) is 7.35. The van der Waals surface area contributed by atoms with Crippen molar-refractivity contribution in [2.24, 2.45) is 0 Å². The summed E-state index contributed by atoms with van der Waals surface area (Å²) in [6.45, 7) is 6.16. The maximum atomic E-state index is 14.8. The lowest BCUT2D eigenvalue weighted by molar-refractivity contribution is -0.143. The van der Waals surface area contributed by atoms with Gasteiger partial charge in [-0.25, -0.2) is 18.0 Å². The molecule has 0 radical (unpaired) electrons. The lowest BCUT2D eigenvalue weighted by atomic mass is 9.85. The summed E-state index contributed by atoms with van der Waals surface area (Å²) in [5, 5.41) is 8.64. The second-order valence-corrected chi connectivity index (χ2v) is 8.64. The van der Waals surface area contributed by atoms with E-state index in [1.807, 2.05) is 0 Å². The summed E-state index contributed by atoms with van der Waals surface area (Å²) in [5.41, 5.74) is -2.00. The third-order valence-corrected chi connectivity index (χ3v) is 5.32. The van der Waals surface area contributed by atoms with E-state index in [0.717, 1.165) is 6.07 Å². The molecule has 0 saturated heterocycles. The van der Waals surface area contributed by atoms with Crippen LogP contribution in [0.3, 0.4) is 0 Å². The summed E-state index contributed by atoms with van der Waals surface area (Å²) in [6, 6.07) is 5.27. The second-order valence-electron chi connectivity index (χ2n) is 6.67. The molecule has 24 heavy (non-hydrogen) atoms. The fraction of sp³-hybridized carbons (Fsp3) is 0.562. The first kappa shape index (κ1) is 20.8. The Kier molecular flexibility index (Phi) is 6.72. The molecule has 136 valence electrons. The van der Waals surface area contributed by atoms with Gasteiger partial charge in [-0.05, 0) is 33.8 Å². The van der Waals surface area contributed by atoms with Crippen LogP contribution in [0.2, 0.25) is 0 Å². The molecule has 0 bridgehead atoms. The number of aliphatic carboxylic acids is 1. The SMILES string of the molecule is CC(C)(C)[S@@+]([O-])N[C@](C)(c1ccccc1F)[C@@H](F)CC(F)C(=O)O. The van der Waals surface area contributed by atoms with Gasteiger partial charge in [-0.2, -0.15) is 0 Å². The van der Waals surface area contributed by atoms with Gasteiger partial charge in [0.2, 0.25) is 0 Å². The van der Waals surface area contributed by atoms with E-state index in [1.165, 1.54) is 25.1 Å². The zero-order valence-corrected chi connectivity index (χ0v) is 14.8. The van der Waals surface area contributed by atoms with Crippen LogP contribution in [-0.2, 0) is 21.7 Å². The Morgan fingerprint density at radius 3 is 2.29 bits per heavy atom. The number of carboxylic acids is 1. The molecule has 4 nitrogen and oxygen atoms in total. The van der Waals surface area contributed by atoms with Crippen molar-refractivity contribution >= 4 is 17.3 Å². The predicted octanol–water partition coefficient (Wildman–Crippen LogP) is 3.24. The van der Waals surface area contributed by atoms with E-state index in [2.05, 4.69) is 4.72 Å². The molecule has 0 aromatic heterocycles. The Hall–Kier alpha value is -1.25. The highest BCUT2D eigenvalue weighted by molar-refractivity contribution is 7.90. The fourth-order valence-corrected chi connectivity index (χ4v) is 2.96. The van der Waals surface area contributed by atoms with Crippen molar-refractivity contribution in [3.8, 4) is 0 Å². The molecule has 0 heterocycles. The molecule has 0 saturated carbocycles. The molecule has 1 rings (SSSR count). The van der Waals surface area contributed by atoms with Crippen LogP contribution in [0.5, 0.6) is 0 Å². The number of rotatable bonds is 7. The first-order chi connectivity index (χ1) is 10.9. The first-order valence-corrected chi connectivity index (χ1v) is 8.50. The Labute approximate surface area is 142 Å². The lowest BCUT2D eigenvalue weighted by Gasteiger charge is -2.37.